The van der Waals surface area contributed by atoms with E-state index < -0.39 is 0 Å². The van der Waals surface area contributed by atoms with Gasteiger partial charge in [0.1, 0.15) is 0 Å². The van der Waals surface area contributed by atoms with Gasteiger partial charge in [-0.3, -0.25) is 9.59 Å². The lowest BCUT2D eigenvalue weighted by molar-refractivity contribution is -0.146. The van der Waals surface area contributed by atoms with Crippen molar-refractivity contribution in [3.8, 4) is 0 Å². The average molecular weight is 287 g/mol. The third-order valence-electron chi connectivity index (χ3n) is 2.95. The smallest absolute Gasteiger partial charge is 0.310 e. The van der Waals surface area contributed by atoms with Crippen LogP contribution < -0.4 is 0 Å². The predicted octanol–water partition coefficient (Wildman–Crippen LogP) is 2.10. The molecule has 1 unspecified atom stereocenters. The largest absolute Gasteiger partial charge is 0.469 e. The van der Waals surface area contributed by atoms with Gasteiger partial charge in [-0.15, -0.1) is 0 Å². The molecule has 0 aliphatic heterocycles. The van der Waals surface area contributed by atoms with Gasteiger partial charge in [0.15, 0.2) is 0 Å². The summed E-state index contributed by atoms with van der Waals surface area (Å²) in [5.41, 5.74) is 0. The average Bonchev–Trinajstić information content (AvgIpc) is 2.40. The third kappa shape index (κ3) is 8.15. The van der Waals surface area contributed by atoms with Gasteiger partial charge in [-0.1, -0.05) is 20.8 Å². The molecule has 0 bridgehead atoms. The molecule has 0 saturated carbocycles. The lowest BCUT2D eigenvalue weighted by Gasteiger charge is -2.26. The zero-order valence-corrected chi connectivity index (χ0v) is 13.5. The van der Waals surface area contributed by atoms with E-state index in [4.69, 9.17) is 9.47 Å². The Kier molecular flexibility index (Phi) is 10.1. The molecule has 0 aliphatic rings. The van der Waals surface area contributed by atoms with Crippen LogP contribution in [-0.2, 0) is 19.1 Å². The van der Waals surface area contributed by atoms with Crippen LogP contribution in [0.4, 0.5) is 0 Å². The summed E-state index contributed by atoms with van der Waals surface area (Å²) in [7, 11) is 1.37. The minimum absolute atomic E-state index is 0.0900. The maximum Gasteiger partial charge on any atom is 0.310 e. The van der Waals surface area contributed by atoms with E-state index in [0.29, 0.717) is 38.6 Å². The maximum absolute atomic E-state index is 12.2. The summed E-state index contributed by atoms with van der Waals surface area (Å²) in [5, 5.41) is 0. The van der Waals surface area contributed by atoms with Crippen molar-refractivity contribution < 1.29 is 19.1 Å². The standard InChI is InChI=1S/C15H29NO4/c1-6-20-9-7-8-16(14(17)10-12(2)3)11-13(4)15(18)19-5/h12-13H,6-11H2,1-5H3. The van der Waals surface area contributed by atoms with Gasteiger partial charge >= 0.3 is 5.97 Å². The van der Waals surface area contributed by atoms with E-state index in [-0.39, 0.29) is 17.8 Å². The number of esters is 1. The van der Waals surface area contributed by atoms with Crippen molar-refractivity contribution in [2.45, 2.75) is 40.5 Å². The minimum atomic E-state index is -0.303. The van der Waals surface area contributed by atoms with Crippen molar-refractivity contribution in [2.24, 2.45) is 11.8 Å². The number of methoxy groups -OCH3 is 1. The number of amides is 1. The van der Waals surface area contributed by atoms with Crippen molar-refractivity contribution in [3.05, 3.63) is 0 Å². The fourth-order valence-electron chi connectivity index (χ4n) is 1.90. The Bertz CT molecular complexity index is 292. The first-order chi connectivity index (χ1) is 9.42. The molecular weight excluding hydrogens is 258 g/mol. The molecule has 1 atom stereocenters. The second-order valence-corrected chi connectivity index (χ2v) is 5.41. The summed E-state index contributed by atoms with van der Waals surface area (Å²) in [5.74, 6) is -0.182. The molecule has 0 aliphatic carbocycles. The van der Waals surface area contributed by atoms with Crippen molar-refractivity contribution >= 4 is 11.9 Å². The fourth-order valence-corrected chi connectivity index (χ4v) is 1.90. The summed E-state index contributed by atoms with van der Waals surface area (Å²) in [4.78, 5) is 25.4. The van der Waals surface area contributed by atoms with Gasteiger partial charge in [0.25, 0.3) is 0 Å². The molecule has 5 nitrogen and oxygen atoms in total. The Labute approximate surface area is 122 Å². The summed E-state index contributed by atoms with van der Waals surface area (Å²) in [6, 6.07) is 0. The van der Waals surface area contributed by atoms with E-state index in [9.17, 15) is 9.59 Å². The Balaban J connectivity index is 4.44. The predicted molar refractivity (Wildman–Crippen MR) is 78.3 cm³/mol. The number of hydrogen-bond acceptors (Lipinski definition) is 4. The molecule has 5 heteroatoms. The topological polar surface area (TPSA) is 55.8 Å². The summed E-state index contributed by atoms with van der Waals surface area (Å²) >= 11 is 0. The first kappa shape index (κ1) is 18.9. The van der Waals surface area contributed by atoms with Gasteiger partial charge in [0.05, 0.1) is 13.0 Å². The lowest BCUT2D eigenvalue weighted by atomic mass is 10.1. The highest BCUT2D eigenvalue weighted by Crippen LogP contribution is 2.09. The Morgan fingerprint density at radius 3 is 2.35 bits per heavy atom. The first-order valence-corrected chi connectivity index (χ1v) is 7.35. The van der Waals surface area contributed by atoms with Gasteiger partial charge in [0.2, 0.25) is 5.91 Å². The summed E-state index contributed by atoms with van der Waals surface area (Å²) in [6.45, 7) is 10.1. The monoisotopic (exact) mass is 287 g/mol. The second kappa shape index (κ2) is 10.7. The number of hydrogen-bond donors (Lipinski definition) is 0. The number of carbonyl (C=O) groups is 2. The van der Waals surface area contributed by atoms with Crippen LogP contribution in [0.1, 0.15) is 40.5 Å². The molecule has 0 fully saturated rings. The lowest BCUT2D eigenvalue weighted by Crippen LogP contribution is -2.38. The highest BCUT2D eigenvalue weighted by Gasteiger charge is 2.21. The van der Waals surface area contributed by atoms with Crippen LogP contribution in [0.25, 0.3) is 0 Å². The molecule has 0 rings (SSSR count). The van der Waals surface area contributed by atoms with Gasteiger partial charge < -0.3 is 14.4 Å². The minimum Gasteiger partial charge on any atom is -0.469 e. The van der Waals surface area contributed by atoms with E-state index >= 15 is 0 Å². The van der Waals surface area contributed by atoms with E-state index in [1.165, 1.54) is 7.11 Å². The highest BCUT2D eigenvalue weighted by atomic mass is 16.5. The van der Waals surface area contributed by atoms with Crippen LogP contribution in [0.2, 0.25) is 0 Å². The molecule has 20 heavy (non-hydrogen) atoms. The molecule has 0 aromatic rings. The van der Waals surface area contributed by atoms with Crippen molar-refractivity contribution in [2.75, 3.05) is 33.4 Å². The molecule has 0 aromatic heterocycles. The van der Waals surface area contributed by atoms with Gasteiger partial charge in [-0.2, -0.15) is 0 Å². The fraction of sp³-hybridized carbons (Fsp3) is 0.867. The number of carbonyl (C=O) groups excluding carboxylic acids is 2. The Morgan fingerprint density at radius 2 is 1.85 bits per heavy atom. The third-order valence-corrected chi connectivity index (χ3v) is 2.95. The van der Waals surface area contributed by atoms with Gasteiger partial charge in [-0.25, -0.2) is 0 Å². The molecule has 0 N–H and O–H groups in total. The second-order valence-electron chi connectivity index (χ2n) is 5.41. The molecule has 0 heterocycles. The molecule has 0 saturated heterocycles. The molecule has 0 spiro atoms. The normalized spacial score (nSPS) is 12.3. The zero-order chi connectivity index (χ0) is 15.5. The van der Waals surface area contributed by atoms with Gasteiger partial charge in [-0.05, 0) is 19.3 Å². The van der Waals surface area contributed by atoms with Crippen LogP contribution in [0, 0.1) is 11.8 Å². The summed E-state index contributed by atoms with van der Waals surface area (Å²) < 4.78 is 10.0. The molecular formula is C15H29NO4. The van der Waals surface area contributed by atoms with Crippen LogP contribution in [-0.4, -0.2) is 50.2 Å². The highest BCUT2D eigenvalue weighted by molar-refractivity contribution is 5.78. The van der Waals surface area contributed by atoms with E-state index in [1.54, 1.807) is 11.8 Å². The Morgan fingerprint density at radius 1 is 1.20 bits per heavy atom. The van der Waals surface area contributed by atoms with Crippen molar-refractivity contribution in [1.29, 1.82) is 0 Å². The number of nitrogens with zero attached hydrogens (tertiary/aromatic N) is 1. The Hall–Kier alpha value is -1.10. The van der Waals surface area contributed by atoms with E-state index in [2.05, 4.69) is 0 Å². The number of rotatable bonds is 10. The van der Waals surface area contributed by atoms with E-state index in [0.717, 1.165) is 6.42 Å². The molecule has 1 amide bonds. The zero-order valence-electron chi connectivity index (χ0n) is 13.5. The van der Waals surface area contributed by atoms with Crippen LogP contribution in [0.15, 0.2) is 0 Å². The van der Waals surface area contributed by atoms with Crippen LogP contribution >= 0.6 is 0 Å². The maximum atomic E-state index is 12.2. The van der Waals surface area contributed by atoms with Crippen molar-refractivity contribution in [3.63, 3.8) is 0 Å². The van der Waals surface area contributed by atoms with Crippen LogP contribution in [0.3, 0.4) is 0 Å². The number of ether oxygens (including phenoxy) is 2. The van der Waals surface area contributed by atoms with Gasteiger partial charge in [0, 0.05) is 32.7 Å². The molecule has 118 valence electrons. The van der Waals surface area contributed by atoms with E-state index in [1.807, 2.05) is 20.8 Å². The van der Waals surface area contributed by atoms with Crippen LogP contribution in [0.5, 0.6) is 0 Å². The quantitative estimate of drug-likeness (QED) is 0.456. The molecule has 0 aromatic carbocycles. The summed E-state index contributed by atoms with van der Waals surface area (Å²) in [6.07, 6.45) is 1.29. The SMILES string of the molecule is CCOCCCN(CC(C)C(=O)OC)C(=O)CC(C)C. The first-order valence-electron chi connectivity index (χ1n) is 7.35. The van der Waals surface area contributed by atoms with Crippen molar-refractivity contribution in [1.82, 2.24) is 4.90 Å². The molecule has 0 radical (unpaired) electrons.